The highest BCUT2D eigenvalue weighted by Crippen LogP contribution is 2.31. The zero-order chi connectivity index (χ0) is 17.9. The second-order valence-electron chi connectivity index (χ2n) is 8.20. The first kappa shape index (κ1) is 18.2. The van der Waals surface area contributed by atoms with Crippen LogP contribution in [-0.4, -0.2) is 59.9 Å². The van der Waals surface area contributed by atoms with Gasteiger partial charge in [-0.15, -0.1) is 0 Å². The van der Waals surface area contributed by atoms with Gasteiger partial charge in [0.25, 0.3) is 0 Å². The lowest BCUT2D eigenvalue weighted by atomic mass is 9.89. The van der Waals surface area contributed by atoms with E-state index in [1.165, 1.54) is 5.56 Å². The van der Waals surface area contributed by atoms with E-state index in [0.717, 1.165) is 32.5 Å². The monoisotopic (exact) mass is 346 g/mol. The maximum Gasteiger partial charge on any atom is 0.410 e. The number of hydrogen-bond acceptors (Lipinski definition) is 4. The molecule has 1 spiro atoms. The van der Waals surface area contributed by atoms with Crippen LogP contribution < -0.4 is 0 Å². The molecule has 0 aromatic heterocycles. The molecule has 2 heterocycles. The van der Waals surface area contributed by atoms with Gasteiger partial charge in [-0.1, -0.05) is 30.3 Å². The number of morpholine rings is 1. The van der Waals surface area contributed by atoms with E-state index in [4.69, 9.17) is 9.47 Å². The molecule has 0 radical (unpaired) electrons. The highest BCUT2D eigenvalue weighted by Gasteiger charge is 2.41. The van der Waals surface area contributed by atoms with E-state index < -0.39 is 5.60 Å². The molecule has 2 saturated heterocycles. The minimum Gasteiger partial charge on any atom is -0.444 e. The number of hydrogen-bond donors (Lipinski definition) is 0. The summed E-state index contributed by atoms with van der Waals surface area (Å²) < 4.78 is 11.7. The molecular formula is C20H30N2O3. The Balaban J connectivity index is 1.54. The van der Waals surface area contributed by atoms with E-state index in [9.17, 15) is 4.79 Å². The topological polar surface area (TPSA) is 42.0 Å². The van der Waals surface area contributed by atoms with Gasteiger partial charge in [-0.3, -0.25) is 4.90 Å². The van der Waals surface area contributed by atoms with Crippen molar-refractivity contribution < 1.29 is 14.3 Å². The van der Waals surface area contributed by atoms with E-state index in [2.05, 4.69) is 35.2 Å². The third-order valence-electron chi connectivity index (χ3n) is 4.92. The van der Waals surface area contributed by atoms with Gasteiger partial charge in [-0.05, 0) is 39.2 Å². The van der Waals surface area contributed by atoms with Crippen LogP contribution in [0.25, 0.3) is 0 Å². The number of ether oxygens (including phenoxy) is 2. The van der Waals surface area contributed by atoms with Crippen molar-refractivity contribution in [1.82, 2.24) is 9.80 Å². The Bertz CT molecular complexity index is 574. The summed E-state index contributed by atoms with van der Waals surface area (Å²) in [6, 6.07) is 10.6. The zero-order valence-corrected chi connectivity index (χ0v) is 15.7. The molecule has 5 nitrogen and oxygen atoms in total. The molecule has 0 bridgehead atoms. The van der Waals surface area contributed by atoms with Gasteiger partial charge in [0.05, 0.1) is 18.8 Å². The highest BCUT2D eigenvalue weighted by atomic mass is 16.6. The van der Waals surface area contributed by atoms with Crippen LogP contribution in [-0.2, 0) is 16.0 Å². The lowest BCUT2D eigenvalue weighted by molar-refractivity contribution is -0.134. The quantitative estimate of drug-likeness (QED) is 0.824. The van der Waals surface area contributed by atoms with Gasteiger partial charge < -0.3 is 14.4 Å². The van der Waals surface area contributed by atoms with Gasteiger partial charge >= 0.3 is 6.09 Å². The van der Waals surface area contributed by atoms with Crippen molar-refractivity contribution >= 4 is 6.09 Å². The summed E-state index contributed by atoms with van der Waals surface area (Å²) in [5.41, 5.74) is 0.683. The predicted octanol–water partition coefficient (Wildman–Crippen LogP) is 3.29. The molecular weight excluding hydrogens is 316 g/mol. The van der Waals surface area contributed by atoms with E-state index in [1.54, 1.807) is 0 Å². The summed E-state index contributed by atoms with van der Waals surface area (Å²) in [5, 5.41) is 0. The fourth-order valence-corrected chi connectivity index (χ4v) is 3.59. The van der Waals surface area contributed by atoms with Gasteiger partial charge in [0, 0.05) is 26.2 Å². The summed E-state index contributed by atoms with van der Waals surface area (Å²) in [7, 11) is 0. The van der Waals surface area contributed by atoms with Crippen molar-refractivity contribution in [1.29, 1.82) is 0 Å². The van der Waals surface area contributed by atoms with Gasteiger partial charge in [0.2, 0.25) is 0 Å². The molecule has 2 fully saturated rings. The van der Waals surface area contributed by atoms with Crippen molar-refractivity contribution in [2.24, 2.45) is 0 Å². The Morgan fingerprint density at radius 3 is 2.48 bits per heavy atom. The zero-order valence-electron chi connectivity index (χ0n) is 15.7. The molecule has 0 N–H and O–H groups in total. The predicted molar refractivity (Wildman–Crippen MR) is 97.4 cm³/mol. The Morgan fingerprint density at radius 1 is 1.16 bits per heavy atom. The lowest BCUT2D eigenvalue weighted by Gasteiger charge is -2.47. The van der Waals surface area contributed by atoms with Crippen LogP contribution in [0.15, 0.2) is 30.3 Å². The van der Waals surface area contributed by atoms with Gasteiger partial charge in [0.1, 0.15) is 5.60 Å². The Hall–Kier alpha value is -1.59. The number of amides is 1. The normalized spacial score (nSPS) is 21.3. The van der Waals surface area contributed by atoms with Crippen LogP contribution in [0.3, 0.4) is 0 Å². The van der Waals surface area contributed by atoms with E-state index in [-0.39, 0.29) is 11.7 Å². The highest BCUT2D eigenvalue weighted by molar-refractivity contribution is 5.68. The molecule has 138 valence electrons. The molecule has 0 atom stereocenters. The first-order chi connectivity index (χ1) is 11.9. The van der Waals surface area contributed by atoms with E-state index >= 15 is 0 Å². The molecule has 2 aliphatic heterocycles. The molecule has 3 rings (SSSR count). The van der Waals surface area contributed by atoms with Crippen LogP contribution in [0.4, 0.5) is 4.79 Å². The molecule has 5 heteroatoms. The lowest BCUT2D eigenvalue weighted by Crippen LogP contribution is -2.58. The first-order valence-corrected chi connectivity index (χ1v) is 9.23. The number of carbonyl (C=O) groups is 1. The maximum absolute atomic E-state index is 12.4. The third-order valence-corrected chi connectivity index (χ3v) is 4.92. The van der Waals surface area contributed by atoms with E-state index in [1.807, 2.05) is 25.7 Å². The SMILES string of the molecule is CC(C)(C)OC(=O)N1CCOC2(CCN(Cc3ccccc3)CC2)C1. The average molecular weight is 346 g/mol. The van der Waals surface area contributed by atoms with Gasteiger partial charge in [0.15, 0.2) is 0 Å². The molecule has 1 aromatic carbocycles. The summed E-state index contributed by atoms with van der Waals surface area (Å²) in [6.45, 7) is 10.5. The number of piperidine rings is 1. The molecule has 25 heavy (non-hydrogen) atoms. The molecule has 2 aliphatic rings. The second kappa shape index (κ2) is 7.34. The second-order valence-corrected chi connectivity index (χ2v) is 8.20. The van der Waals surface area contributed by atoms with Gasteiger partial charge in [-0.2, -0.15) is 0 Å². The number of carbonyl (C=O) groups excluding carboxylic acids is 1. The molecule has 0 unspecified atom stereocenters. The largest absolute Gasteiger partial charge is 0.444 e. The minimum absolute atomic E-state index is 0.206. The van der Waals surface area contributed by atoms with Crippen LogP contribution in [0, 0.1) is 0 Å². The fourth-order valence-electron chi connectivity index (χ4n) is 3.59. The third kappa shape index (κ3) is 4.95. The van der Waals surface area contributed by atoms with Crippen LogP contribution >= 0.6 is 0 Å². The summed E-state index contributed by atoms with van der Waals surface area (Å²) in [4.78, 5) is 16.7. The number of likely N-dealkylation sites (tertiary alicyclic amines) is 1. The molecule has 1 aromatic rings. The Labute approximate surface area is 150 Å². The van der Waals surface area contributed by atoms with Crippen molar-refractivity contribution in [2.75, 3.05) is 32.8 Å². The standard InChI is InChI=1S/C20H30N2O3/c1-19(2,3)25-18(23)22-13-14-24-20(16-22)9-11-21(12-10-20)15-17-7-5-4-6-8-17/h4-8H,9-16H2,1-3H3. The van der Waals surface area contributed by atoms with Gasteiger partial charge in [-0.25, -0.2) is 4.79 Å². The Kier molecular flexibility index (Phi) is 5.35. The van der Waals surface area contributed by atoms with E-state index in [0.29, 0.717) is 19.7 Å². The van der Waals surface area contributed by atoms with Crippen LogP contribution in [0.1, 0.15) is 39.2 Å². The Morgan fingerprint density at radius 2 is 1.84 bits per heavy atom. The smallest absolute Gasteiger partial charge is 0.410 e. The van der Waals surface area contributed by atoms with Crippen molar-refractivity contribution in [3.63, 3.8) is 0 Å². The maximum atomic E-state index is 12.4. The summed E-state index contributed by atoms with van der Waals surface area (Å²) in [6.07, 6.45) is 1.69. The van der Waals surface area contributed by atoms with Crippen molar-refractivity contribution in [2.45, 2.75) is 51.4 Å². The number of rotatable bonds is 2. The summed E-state index contributed by atoms with van der Waals surface area (Å²) >= 11 is 0. The number of benzene rings is 1. The van der Waals surface area contributed by atoms with Crippen molar-refractivity contribution in [3.8, 4) is 0 Å². The molecule has 0 aliphatic carbocycles. The average Bonchev–Trinajstić information content (AvgIpc) is 2.57. The molecule has 0 saturated carbocycles. The number of nitrogens with zero attached hydrogens (tertiary/aromatic N) is 2. The van der Waals surface area contributed by atoms with Crippen LogP contribution in [0.5, 0.6) is 0 Å². The summed E-state index contributed by atoms with van der Waals surface area (Å²) in [5.74, 6) is 0. The van der Waals surface area contributed by atoms with Crippen molar-refractivity contribution in [3.05, 3.63) is 35.9 Å². The molecule has 1 amide bonds. The minimum atomic E-state index is -0.457. The first-order valence-electron chi connectivity index (χ1n) is 9.23. The van der Waals surface area contributed by atoms with Crippen LogP contribution in [0.2, 0.25) is 0 Å². The fraction of sp³-hybridized carbons (Fsp3) is 0.650.